The fourth-order valence-electron chi connectivity index (χ4n) is 2.61. The largest absolute Gasteiger partial charge is 0.457 e. The standard InChI is InChI=1S/C19H15NO6/c21-14(12-5-6-16-17(9-12)25-11-24-16)10-23-19(22)8-7-18-20-13-3-1-2-4-15(13)26-18/h1-6,9H,7-8,10-11H2. The van der Waals surface area contributed by atoms with Crippen LogP contribution in [0.4, 0.5) is 0 Å². The maximum absolute atomic E-state index is 12.1. The summed E-state index contributed by atoms with van der Waals surface area (Å²) in [5, 5.41) is 0. The van der Waals surface area contributed by atoms with Crippen molar-refractivity contribution in [3.05, 3.63) is 53.9 Å². The van der Waals surface area contributed by atoms with Crippen LogP contribution in [0.3, 0.4) is 0 Å². The highest BCUT2D eigenvalue weighted by molar-refractivity contribution is 5.98. The Hall–Kier alpha value is -3.35. The molecule has 0 amide bonds. The van der Waals surface area contributed by atoms with E-state index in [1.165, 1.54) is 0 Å². The molecule has 1 aromatic heterocycles. The van der Waals surface area contributed by atoms with Gasteiger partial charge in [-0.05, 0) is 30.3 Å². The van der Waals surface area contributed by atoms with Gasteiger partial charge in [0.25, 0.3) is 0 Å². The van der Waals surface area contributed by atoms with Crippen molar-refractivity contribution in [1.82, 2.24) is 4.98 Å². The zero-order valence-electron chi connectivity index (χ0n) is 13.8. The van der Waals surface area contributed by atoms with Gasteiger partial charge in [-0.25, -0.2) is 4.98 Å². The molecule has 0 N–H and O–H groups in total. The van der Waals surface area contributed by atoms with Gasteiger partial charge in [0.1, 0.15) is 5.52 Å². The number of ether oxygens (including phenoxy) is 3. The van der Waals surface area contributed by atoms with Gasteiger partial charge in [-0.1, -0.05) is 12.1 Å². The van der Waals surface area contributed by atoms with E-state index in [0.29, 0.717) is 35.0 Å². The van der Waals surface area contributed by atoms with E-state index in [0.717, 1.165) is 5.52 Å². The second kappa shape index (κ2) is 6.87. The van der Waals surface area contributed by atoms with E-state index in [9.17, 15) is 9.59 Å². The number of aryl methyl sites for hydroxylation is 1. The molecule has 0 saturated heterocycles. The van der Waals surface area contributed by atoms with Crippen molar-refractivity contribution in [2.75, 3.05) is 13.4 Å². The van der Waals surface area contributed by atoms with E-state index in [2.05, 4.69) is 4.98 Å². The van der Waals surface area contributed by atoms with Crippen LogP contribution in [0.5, 0.6) is 11.5 Å². The van der Waals surface area contributed by atoms with Crippen molar-refractivity contribution in [3.63, 3.8) is 0 Å². The van der Waals surface area contributed by atoms with E-state index in [4.69, 9.17) is 18.6 Å². The maximum Gasteiger partial charge on any atom is 0.306 e. The van der Waals surface area contributed by atoms with Crippen molar-refractivity contribution >= 4 is 22.9 Å². The number of esters is 1. The van der Waals surface area contributed by atoms with Gasteiger partial charge in [-0.3, -0.25) is 9.59 Å². The molecule has 7 heteroatoms. The lowest BCUT2D eigenvalue weighted by Gasteiger charge is -2.04. The average Bonchev–Trinajstić information content (AvgIpc) is 3.29. The van der Waals surface area contributed by atoms with Gasteiger partial charge >= 0.3 is 5.97 Å². The summed E-state index contributed by atoms with van der Waals surface area (Å²) in [5.74, 6) is 0.778. The first kappa shape index (κ1) is 16.1. The number of oxazole rings is 1. The average molecular weight is 353 g/mol. The molecule has 2 heterocycles. The maximum atomic E-state index is 12.1. The summed E-state index contributed by atoms with van der Waals surface area (Å²) in [7, 11) is 0. The third kappa shape index (κ3) is 3.37. The molecule has 4 rings (SSSR count). The van der Waals surface area contributed by atoms with Crippen LogP contribution in [-0.4, -0.2) is 30.1 Å². The van der Waals surface area contributed by atoms with Gasteiger partial charge in [0.15, 0.2) is 35.4 Å². The van der Waals surface area contributed by atoms with Gasteiger partial charge < -0.3 is 18.6 Å². The van der Waals surface area contributed by atoms with Gasteiger partial charge in [0, 0.05) is 12.0 Å². The number of para-hydroxylation sites is 2. The minimum atomic E-state index is -0.485. The quantitative estimate of drug-likeness (QED) is 0.497. The third-order valence-electron chi connectivity index (χ3n) is 3.94. The van der Waals surface area contributed by atoms with Crippen LogP contribution >= 0.6 is 0 Å². The highest BCUT2D eigenvalue weighted by Gasteiger charge is 2.17. The molecule has 0 atom stereocenters. The molecule has 0 fully saturated rings. The number of carbonyl (C=O) groups is 2. The number of hydrogen-bond acceptors (Lipinski definition) is 7. The number of aromatic nitrogens is 1. The molecule has 0 spiro atoms. The molecule has 0 radical (unpaired) electrons. The monoisotopic (exact) mass is 353 g/mol. The molecule has 26 heavy (non-hydrogen) atoms. The van der Waals surface area contributed by atoms with Crippen molar-refractivity contribution in [1.29, 1.82) is 0 Å². The third-order valence-corrected chi connectivity index (χ3v) is 3.94. The zero-order valence-corrected chi connectivity index (χ0v) is 13.8. The molecular formula is C19H15NO6. The number of Topliss-reactive ketones (excluding diaryl/α,β-unsaturated/α-hetero) is 1. The molecule has 0 bridgehead atoms. The molecule has 0 unspecified atom stereocenters. The number of nitrogens with zero attached hydrogens (tertiary/aromatic N) is 1. The number of fused-ring (bicyclic) bond motifs is 2. The lowest BCUT2D eigenvalue weighted by Crippen LogP contribution is -2.14. The van der Waals surface area contributed by atoms with E-state index in [-0.39, 0.29) is 25.6 Å². The van der Waals surface area contributed by atoms with Gasteiger partial charge in [-0.2, -0.15) is 0 Å². The second-order valence-corrected chi connectivity index (χ2v) is 5.73. The van der Waals surface area contributed by atoms with Crippen LogP contribution < -0.4 is 9.47 Å². The predicted molar refractivity (Wildman–Crippen MR) is 90.2 cm³/mol. The normalized spacial score (nSPS) is 12.3. The number of carbonyl (C=O) groups excluding carboxylic acids is 2. The molecule has 7 nitrogen and oxygen atoms in total. The first-order valence-electron chi connectivity index (χ1n) is 8.12. The number of benzene rings is 2. The van der Waals surface area contributed by atoms with Gasteiger partial charge in [0.05, 0.1) is 6.42 Å². The minimum absolute atomic E-state index is 0.0846. The minimum Gasteiger partial charge on any atom is -0.457 e. The van der Waals surface area contributed by atoms with E-state index < -0.39 is 5.97 Å². The second-order valence-electron chi connectivity index (χ2n) is 5.73. The molecular weight excluding hydrogens is 338 g/mol. The summed E-state index contributed by atoms with van der Waals surface area (Å²) >= 11 is 0. The van der Waals surface area contributed by atoms with Crippen molar-refractivity contribution in [2.45, 2.75) is 12.8 Å². The molecule has 1 aliphatic heterocycles. The van der Waals surface area contributed by atoms with Crippen LogP contribution in [0.2, 0.25) is 0 Å². The summed E-state index contributed by atoms with van der Waals surface area (Å²) in [6.07, 6.45) is 0.396. The van der Waals surface area contributed by atoms with Crippen molar-refractivity contribution < 1.29 is 28.2 Å². The van der Waals surface area contributed by atoms with Crippen LogP contribution in [0, 0.1) is 0 Å². The molecule has 0 aliphatic carbocycles. The fraction of sp³-hybridized carbons (Fsp3) is 0.211. The molecule has 1 aliphatic rings. The van der Waals surface area contributed by atoms with Crippen LogP contribution in [0.25, 0.3) is 11.1 Å². The van der Waals surface area contributed by atoms with Crippen molar-refractivity contribution in [2.24, 2.45) is 0 Å². The highest BCUT2D eigenvalue weighted by Crippen LogP contribution is 2.32. The molecule has 132 valence electrons. The summed E-state index contributed by atoms with van der Waals surface area (Å²) in [6, 6.07) is 12.2. The first-order chi connectivity index (χ1) is 12.7. The Morgan fingerprint density at radius 1 is 1.08 bits per heavy atom. The Morgan fingerprint density at radius 2 is 1.92 bits per heavy atom. The van der Waals surface area contributed by atoms with Gasteiger partial charge in [-0.15, -0.1) is 0 Å². The highest BCUT2D eigenvalue weighted by atomic mass is 16.7. The first-order valence-corrected chi connectivity index (χ1v) is 8.12. The van der Waals surface area contributed by atoms with E-state index >= 15 is 0 Å². The van der Waals surface area contributed by atoms with Crippen molar-refractivity contribution in [3.8, 4) is 11.5 Å². The zero-order chi connectivity index (χ0) is 17.9. The lowest BCUT2D eigenvalue weighted by atomic mass is 10.1. The molecule has 2 aromatic carbocycles. The Balaban J connectivity index is 1.29. The van der Waals surface area contributed by atoms with Gasteiger partial charge in [0.2, 0.25) is 6.79 Å². The van der Waals surface area contributed by atoms with Crippen LogP contribution in [-0.2, 0) is 16.0 Å². The Morgan fingerprint density at radius 3 is 2.81 bits per heavy atom. The number of ketones is 1. The van der Waals surface area contributed by atoms with E-state index in [1.54, 1.807) is 18.2 Å². The number of hydrogen-bond donors (Lipinski definition) is 0. The predicted octanol–water partition coefficient (Wildman–Crippen LogP) is 2.92. The molecule has 3 aromatic rings. The summed E-state index contributed by atoms with van der Waals surface area (Å²) in [4.78, 5) is 28.3. The Kier molecular flexibility index (Phi) is 4.27. The SMILES string of the molecule is O=C(CCc1nc2ccccc2o1)OCC(=O)c1ccc2c(c1)OCO2. The topological polar surface area (TPSA) is 87.9 Å². The fourth-order valence-corrected chi connectivity index (χ4v) is 2.61. The number of rotatable bonds is 6. The lowest BCUT2D eigenvalue weighted by molar-refractivity contribution is -0.142. The summed E-state index contributed by atoms with van der Waals surface area (Å²) in [5.41, 5.74) is 1.82. The summed E-state index contributed by atoms with van der Waals surface area (Å²) in [6.45, 7) is -0.191. The summed E-state index contributed by atoms with van der Waals surface area (Å²) < 4.78 is 21.0. The van der Waals surface area contributed by atoms with Crippen LogP contribution in [0.1, 0.15) is 22.7 Å². The molecule has 0 saturated carbocycles. The Labute approximate surface area is 148 Å². The van der Waals surface area contributed by atoms with Crippen LogP contribution in [0.15, 0.2) is 46.9 Å². The smallest absolute Gasteiger partial charge is 0.306 e. The van der Waals surface area contributed by atoms with E-state index in [1.807, 2.05) is 24.3 Å². The Bertz CT molecular complexity index is 944.